The molecule has 0 aliphatic carbocycles. The number of hydrogen-bond acceptors (Lipinski definition) is 4. The molecule has 0 bridgehead atoms. The predicted molar refractivity (Wildman–Crippen MR) is 57.3 cm³/mol. The summed E-state index contributed by atoms with van der Waals surface area (Å²) in [5, 5.41) is 13.9. The molecule has 0 heterocycles. The molecule has 1 aromatic carbocycles. The van der Waals surface area contributed by atoms with Gasteiger partial charge in [0.25, 0.3) is 5.69 Å². The lowest BCUT2D eigenvalue weighted by molar-refractivity contribution is -0.385. The van der Waals surface area contributed by atoms with Crippen LogP contribution in [0.5, 0.6) is 0 Å². The number of halogens is 3. The van der Waals surface area contributed by atoms with Crippen molar-refractivity contribution >= 4 is 11.4 Å². The van der Waals surface area contributed by atoms with Gasteiger partial charge in [-0.3, -0.25) is 10.1 Å². The van der Waals surface area contributed by atoms with E-state index in [0.717, 1.165) is 0 Å². The fourth-order valence-corrected chi connectivity index (χ4v) is 1.19. The highest BCUT2D eigenvalue weighted by Gasteiger charge is 2.28. The van der Waals surface area contributed by atoms with Gasteiger partial charge in [0.05, 0.1) is 16.2 Å². The molecule has 0 spiro atoms. The van der Waals surface area contributed by atoms with E-state index < -0.39 is 17.7 Å². The van der Waals surface area contributed by atoms with Gasteiger partial charge in [0.1, 0.15) is 0 Å². The molecule has 0 saturated carbocycles. The topological polar surface area (TPSA) is 64.7 Å². The van der Waals surface area contributed by atoms with Crippen molar-refractivity contribution in [3.63, 3.8) is 0 Å². The van der Waals surface area contributed by atoms with Gasteiger partial charge in [-0.15, -0.1) is 0 Å². The van der Waals surface area contributed by atoms with Gasteiger partial charge in [0.2, 0.25) is 6.61 Å². The number of oxime groups is 1. The number of para-hydroxylation sites is 1. The molecule has 0 aromatic heterocycles. The molecule has 0 radical (unpaired) electrons. The van der Waals surface area contributed by atoms with Crippen molar-refractivity contribution < 1.29 is 22.9 Å². The minimum Gasteiger partial charge on any atom is -0.386 e. The standard InChI is InChI=1S/C10H9F3N2O3/c1-7(14-18-6-10(11,12)13)8-4-2-3-5-9(8)15(16)17/h2-5H,6H2,1H3/b14-7+. The van der Waals surface area contributed by atoms with Gasteiger partial charge < -0.3 is 4.84 Å². The van der Waals surface area contributed by atoms with Crippen LogP contribution in [0.1, 0.15) is 12.5 Å². The lowest BCUT2D eigenvalue weighted by atomic mass is 10.1. The van der Waals surface area contributed by atoms with Crippen LogP contribution in [0, 0.1) is 10.1 Å². The van der Waals surface area contributed by atoms with Crippen molar-refractivity contribution in [3.05, 3.63) is 39.9 Å². The molecule has 5 nitrogen and oxygen atoms in total. The van der Waals surface area contributed by atoms with Crippen LogP contribution < -0.4 is 0 Å². The number of hydrogen-bond donors (Lipinski definition) is 0. The largest absolute Gasteiger partial charge is 0.425 e. The van der Waals surface area contributed by atoms with Crippen LogP contribution in [0.4, 0.5) is 18.9 Å². The van der Waals surface area contributed by atoms with E-state index in [0.29, 0.717) is 0 Å². The molecule has 1 aromatic rings. The summed E-state index contributed by atoms with van der Waals surface area (Å²) in [6.45, 7) is -0.205. The summed E-state index contributed by atoms with van der Waals surface area (Å²) in [7, 11) is 0. The first-order chi connectivity index (χ1) is 8.31. The van der Waals surface area contributed by atoms with Gasteiger partial charge in [-0.25, -0.2) is 0 Å². The highest BCUT2D eigenvalue weighted by molar-refractivity contribution is 6.01. The van der Waals surface area contributed by atoms with Gasteiger partial charge >= 0.3 is 6.18 Å². The summed E-state index contributed by atoms with van der Waals surface area (Å²) in [5.41, 5.74) is -0.120. The second-order valence-corrected chi connectivity index (χ2v) is 3.34. The molecule has 0 unspecified atom stereocenters. The van der Waals surface area contributed by atoms with E-state index in [1.54, 1.807) is 0 Å². The van der Waals surface area contributed by atoms with Crippen LogP contribution in [0.25, 0.3) is 0 Å². The zero-order valence-electron chi connectivity index (χ0n) is 9.27. The second-order valence-electron chi connectivity index (χ2n) is 3.34. The maximum atomic E-state index is 11.8. The van der Waals surface area contributed by atoms with Crippen molar-refractivity contribution in [3.8, 4) is 0 Å². The minimum absolute atomic E-state index is 0.00606. The molecule has 1 rings (SSSR count). The molecule has 0 fully saturated rings. The van der Waals surface area contributed by atoms with Gasteiger partial charge in [-0.2, -0.15) is 13.2 Å². The number of nitrogens with zero attached hydrogens (tertiary/aromatic N) is 2. The molecule has 98 valence electrons. The fraction of sp³-hybridized carbons (Fsp3) is 0.300. The number of alkyl halides is 3. The van der Waals surface area contributed by atoms with Gasteiger partial charge in [-0.05, 0) is 13.0 Å². The van der Waals surface area contributed by atoms with Gasteiger partial charge in [0.15, 0.2) is 0 Å². The van der Waals surface area contributed by atoms with E-state index in [1.165, 1.54) is 31.2 Å². The highest BCUT2D eigenvalue weighted by atomic mass is 19.4. The highest BCUT2D eigenvalue weighted by Crippen LogP contribution is 2.19. The third-order valence-electron chi connectivity index (χ3n) is 1.92. The average molecular weight is 262 g/mol. The average Bonchev–Trinajstić information content (AvgIpc) is 2.27. The summed E-state index contributed by atoms with van der Waals surface area (Å²) in [4.78, 5) is 14.1. The molecule has 0 atom stereocenters. The lowest BCUT2D eigenvalue weighted by Gasteiger charge is -2.05. The SMILES string of the molecule is C/C(=N\OCC(F)(F)F)c1ccccc1[N+](=O)[O-]. The Hall–Kier alpha value is -2.12. The van der Waals surface area contributed by atoms with E-state index in [-0.39, 0.29) is 17.0 Å². The first kappa shape index (κ1) is 13.9. The Morgan fingerprint density at radius 2 is 2.06 bits per heavy atom. The van der Waals surface area contributed by atoms with E-state index >= 15 is 0 Å². The number of rotatable bonds is 4. The van der Waals surface area contributed by atoms with E-state index in [9.17, 15) is 23.3 Å². The van der Waals surface area contributed by atoms with Crippen LogP contribution in [-0.2, 0) is 4.84 Å². The first-order valence-corrected chi connectivity index (χ1v) is 4.78. The molecule has 0 aliphatic heterocycles. The quantitative estimate of drug-likeness (QED) is 0.476. The van der Waals surface area contributed by atoms with E-state index in [4.69, 9.17) is 0 Å². The van der Waals surface area contributed by atoms with Crippen LogP contribution in [0.3, 0.4) is 0 Å². The van der Waals surface area contributed by atoms with Crippen molar-refractivity contribution in [2.75, 3.05) is 6.61 Å². The molecule has 0 saturated heterocycles. The number of nitro benzene ring substituents is 1. The Morgan fingerprint density at radius 3 is 2.61 bits per heavy atom. The molecule has 0 aliphatic rings. The zero-order valence-corrected chi connectivity index (χ0v) is 9.27. The van der Waals surface area contributed by atoms with Crippen LogP contribution in [0.15, 0.2) is 29.4 Å². The Bertz CT molecular complexity index is 472. The van der Waals surface area contributed by atoms with E-state index in [1.807, 2.05) is 0 Å². The summed E-state index contributed by atoms with van der Waals surface area (Å²) in [5.74, 6) is 0. The number of nitro groups is 1. The third kappa shape index (κ3) is 4.04. The molecule has 0 N–H and O–H groups in total. The molecule has 8 heteroatoms. The van der Waals surface area contributed by atoms with Crippen LogP contribution in [0.2, 0.25) is 0 Å². The Kier molecular flexibility index (Phi) is 4.24. The number of benzene rings is 1. The molecular weight excluding hydrogens is 253 g/mol. The molecular formula is C10H9F3N2O3. The molecule has 18 heavy (non-hydrogen) atoms. The smallest absolute Gasteiger partial charge is 0.386 e. The fourth-order valence-electron chi connectivity index (χ4n) is 1.19. The Morgan fingerprint density at radius 1 is 1.44 bits per heavy atom. The Balaban J connectivity index is 2.87. The Labute approximate surface area is 100 Å². The van der Waals surface area contributed by atoms with Crippen LogP contribution in [-0.4, -0.2) is 23.4 Å². The lowest BCUT2D eigenvalue weighted by Crippen LogP contribution is -2.15. The van der Waals surface area contributed by atoms with Gasteiger partial charge in [-0.1, -0.05) is 17.3 Å². The van der Waals surface area contributed by atoms with Crippen molar-refractivity contribution in [1.82, 2.24) is 0 Å². The van der Waals surface area contributed by atoms with E-state index in [2.05, 4.69) is 9.99 Å². The monoisotopic (exact) mass is 262 g/mol. The maximum Gasteiger partial charge on any atom is 0.425 e. The van der Waals surface area contributed by atoms with Crippen molar-refractivity contribution in [1.29, 1.82) is 0 Å². The summed E-state index contributed by atoms with van der Waals surface area (Å²) < 4.78 is 35.4. The predicted octanol–water partition coefficient (Wildman–Crippen LogP) is 2.90. The van der Waals surface area contributed by atoms with Gasteiger partial charge in [0, 0.05) is 6.07 Å². The third-order valence-corrected chi connectivity index (χ3v) is 1.92. The van der Waals surface area contributed by atoms with Crippen molar-refractivity contribution in [2.45, 2.75) is 13.1 Å². The zero-order chi connectivity index (χ0) is 13.8. The summed E-state index contributed by atoms with van der Waals surface area (Å²) in [6, 6.07) is 5.59. The second kappa shape index (κ2) is 5.48. The van der Waals surface area contributed by atoms with Crippen LogP contribution >= 0.6 is 0 Å². The first-order valence-electron chi connectivity index (χ1n) is 4.78. The minimum atomic E-state index is -4.49. The summed E-state index contributed by atoms with van der Waals surface area (Å²) >= 11 is 0. The summed E-state index contributed by atoms with van der Waals surface area (Å²) in [6.07, 6.45) is -4.49. The molecule has 0 amide bonds. The normalized spacial score (nSPS) is 12.3. The maximum absolute atomic E-state index is 11.8. The van der Waals surface area contributed by atoms with Crippen molar-refractivity contribution in [2.24, 2.45) is 5.16 Å².